The van der Waals surface area contributed by atoms with Crippen LogP contribution in [0.2, 0.25) is 0 Å². The van der Waals surface area contributed by atoms with E-state index in [9.17, 15) is 4.79 Å². The van der Waals surface area contributed by atoms with Crippen molar-refractivity contribution in [3.8, 4) is 0 Å². The van der Waals surface area contributed by atoms with Crippen LogP contribution < -0.4 is 9.80 Å². The average molecular weight is 379 g/mol. The van der Waals surface area contributed by atoms with Gasteiger partial charge in [-0.1, -0.05) is 41.3 Å². The highest BCUT2D eigenvalue weighted by molar-refractivity contribution is 8.02. The van der Waals surface area contributed by atoms with Gasteiger partial charge in [-0.15, -0.1) is 10.2 Å². The van der Waals surface area contributed by atoms with Crippen LogP contribution in [0.5, 0.6) is 0 Å². The zero-order chi connectivity index (χ0) is 17.6. The number of piperazine rings is 1. The fourth-order valence-corrected chi connectivity index (χ4v) is 4.67. The Morgan fingerprint density at radius 3 is 2.56 bits per heavy atom. The maximum absolute atomic E-state index is 11.7. The van der Waals surface area contributed by atoms with Gasteiger partial charge in [-0.3, -0.25) is 4.79 Å². The van der Waals surface area contributed by atoms with Gasteiger partial charge in [0.2, 0.25) is 5.13 Å². The van der Waals surface area contributed by atoms with Crippen molar-refractivity contribution in [2.24, 2.45) is 0 Å². The Kier molecular flexibility index (Phi) is 6.14. The van der Waals surface area contributed by atoms with Crippen molar-refractivity contribution in [2.75, 3.05) is 42.6 Å². The number of ether oxygens (including phenoxy) is 1. The van der Waals surface area contributed by atoms with E-state index in [0.717, 1.165) is 35.7 Å². The first-order valence-corrected chi connectivity index (χ1v) is 10.1. The van der Waals surface area contributed by atoms with Crippen LogP contribution in [-0.4, -0.2) is 54.2 Å². The van der Waals surface area contributed by atoms with Crippen molar-refractivity contribution < 1.29 is 9.53 Å². The SMILES string of the molecule is CCOC(=O)[C@@H](C)Sc1nnc(N2CCN(c3ccccc3)CC2)s1. The highest BCUT2D eigenvalue weighted by Crippen LogP contribution is 2.31. The molecule has 0 amide bonds. The van der Waals surface area contributed by atoms with Crippen LogP contribution in [-0.2, 0) is 9.53 Å². The number of benzene rings is 1. The van der Waals surface area contributed by atoms with Gasteiger partial charge in [-0.25, -0.2) is 0 Å². The van der Waals surface area contributed by atoms with Crippen molar-refractivity contribution in [3.63, 3.8) is 0 Å². The first kappa shape index (κ1) is 18.0. The van der Waals surface area contributed by atoms with Gasteiger partial charge in [-0.05, 0) is 26.0 Å². The van der Waals surface area contributed by atoms with Crippen molar-refractivity contribution in [3.05, 3.63) is 30.3 Å². The molecule has 25 heavy (non-hydrogen) atoms. The second kappa shape index (κ2) is 8.53. The second-order valence-corrected chi connectivity index (χ2v) is 8.22. The van der Waals surface area contributed by atoms with E-state index in [4.69, 9.17) is 4.74 Å². The molecule has 8 heteroatoms. The summed E-state index contributed by atoms with van der Waals surface area (Å²) in [5.41, 5.74) is 1.26. The van der Waals surface area contributed by atoms with Crippen molar-refractivity contribution in [1.82, 2.24) is 10.2 Å². The Labute approximate surface area is 156 Å². The predicted octanol–water partition coefficient (Wildman–Crippen LogP) is 2.91. The Morgan fingerprint density at radius 2 is 1.88 bits per heavy atom. The van der Waals surface area contributed by atoms with Crippen LogP contribution in [0.1, 0.15) is 13.8 Å². The van der Waals surface area contributed by atoms with E-state index < -0.39 is 0 Å². The molecule has 1 aliphatic heterocycles. The van der Waals surface area contributed by atoms with Gasteiger partial charge in [0.1, 0.15) is 5.25 Å². The average Bonchev–Trinajstić information content (AvgIpc) is 3.11. The fraction of sp³-hybridized carbons (Fsp3) is 0.471. The standard InChI is InChI=1S/C17H22N4O2S2/c1-3-23-15(22)13(2)24-17-19-18-16(25-17)21-11-9-20(10-12-21)14-7-5-4-6-8-14/h4-8,13H,3,9-12H2,1-2H3/t13-/m1/s1. The molecule has 1 aromatic carbocycles. The third-order valence-corrected chi connectivity index (χ3v) is 6.11. The minimum absolute atomic E-state index is 0.208. The summed E-state index contributed by atoms with van der Waals surface area (Å²) in [5, 5.41) is 9.17. The fourth-order valence-electron chi connectivity index (χ4n) is 2.63. The molecule has 0 N–H and O–H groups in total. The van der Waals surface area contributed by atoms with Crippen LogP contribution in [0, 0.1) is 0 Å². The number of thioether (sulfide) groups is 1. The van der Waals surface area contributed by atoms with Gasteiger partial charge in [-0.2, -0.15) is 0 Å². The van der Waals surface area contributed by atoms with Crippen LogP contribution in [0.15, 0.2) is 34.7 Å². The second-order valence-electron chi connectivity index (χ2n) is 5.67. The summed E-state index contributed by atoms with van der Waals surface area (Å²) in [6, 6.07) is 10.5. The lowest BCUT2D eigenvalue weighted by Gasteiger charge is -2.35. The molecule has 1 fully saturated rings. The third kappa shape index (κ3) is 4.64. The molecule has 6 nitrogen and oxygen atoms in total. The highest BCUT2D eigenvalue weighted by atomic mass is 32.2. The molecule has 2 aromatic rings. The van der Waals surface area contributed by atoms with Gasteiger partial charge in [0.25, 0.3) is 0 Å². The quantitative estimate of drug-likeness (QED) is 0.566. The van der Waals surface area contributed by atoms with E-state index in [1.54, 1.807) is 11.3 Å². The topological polar surface area (TPSA) is 58.6 Å². The van der Waals surface area contributed by atoms with Crippen molar-refractivity contribution in [1.29, 1.82) is 0 Å². The maximum Gasteiger partial charge on any atom is 0.319 e. The number of hydrogen-bond acceptors (Lipinski definition) is 8. The lowest BCUT2D eigenvalue weighted by molar-refractivity contribution is -0.142. The maximum atomic E-state index is 11.7. The summed E-state index contributed by atoms with van der Waals surface area (Å²) >= 11 is 2.95. The Balaban J connectivity index is 1.54. The molecular weight excluding hydrogens is 356 g/mol. The Morgan fingerprint density at radius 1 is 1.20 bits per heavy atom. The zero-order valence-corrected chi connectivity index (χ0v) is 16.1. The molecule has 3 rings (SSSR count). The summed E-state index contributed by atoms with van der Waals surface area (Å²) in [6.07, 6.45) is 0. The number of hydrogen-bond donors (Lipinski definition) is 0. The molecular formula is C17H22N4O2S2. The van der Waals surface area contributed by atoms with Crippen LogP contribution in [0.4, 0.5) is 10.8 Å². The van der Waals surface area contributed by atoms with Gasteiger partial charge in [0, 0.05) is 31.9 Å². The number of rotatable bonds is 6. The molecule has 0 unspecified atom stereocenters. The zero-order valence-electron chi connectivity index (χ0n) is 14.4. The van der Waals surface area contributed by atoms with E-state index >= 15 is 0 Å². The smallest absolute Gasteiger partial charge is 0.319 e. The van der Waals surface area contributed by atoms with E-state index in [1.165, 1.54) is 17.4 Å². The van der Waals surface area contributed by atoms with Gasteiger partial charge in [0.05, 0.1) is 6.61 Å². The van der Waals surface area contributed by atoms with Gasteiger partial charge in [0.15, 0.2) is 4.34 Å². The van der Waals surface area contributed by atoms with Crippen molar-refractivity contribution >= 4 is 39.9 Å². The van der Waals surface area contributed by atoms with E-state index in [1.807, 2.05) is 19.9 Å². The Bertz CT molecular complexity index is 687. The molecule has 0 spiro atoms. The van der Waals surface area contributed by atoms with Gasteiger partial charge >= 0.3 is 5.97 Å². The Hall–Kier alpha value is -1.80. The molecule has 1 saturated heterocycles. The summed E-state index contributed by atoms with van der Waals surface area (Å²) in [4.78, 5) is 16.4. The lowest BCUT2D eigenvalue weighted by atomic mass is 10.2. The highest BCUT2D eigenvalue weighted by Gasteiger charge is 2.22. The first-order chi connectivity index (χ1) is 12.2. The summed E-state index contributed by atoms with van der Waals surface area (Å²) < 4.78 is 5.84. The minimum Gasteiger partial charge on any atom is -0.465 e. The third-order valence-electron chi connectivity index (χ3n) is 3.96. The summed E-state index contributed by atoms with van der Waals surface area (Å²) in [5.74, 6) is -0.208. The van der Waals surface area contributed by atoms with E-state index in [-0.39, 0.29) is 11.2 Å². The van der Waals surface area contributed by atoms with E-state index in [2.05, 4.69) is 44.3 Å². The molecule has 1 aliphatic rings. The molecule has 0 saturated carbocycles. The molecule has 1 aromatic heterocycles. The van der Waals surface area contributed by atoms with Crippen LogP contribution >= 0.6 is 23.1 Å². The van der Waals surface area contributed by atoms with E-state index in [0.29, 0.717) is 6.61 Å². The summed E-state index contributed by atoms with van der Waals surface area (Å²) in [6.45, 7) is 7.81. The first-order valence-electron chi connectivity index (χ1n) is 8.39. The molecule has 0 bridgehead atoms. The molecule has 1 atom stereocenters. The molecule has 2 heterocycles. The number of para-hydroxylation sites is 1. The number of carbonyl (C=O) groups excluding carboxylic acids is 1. The molecule has 0 aliphatic carbocycles. The van der Waals surface area contributed by atoms with Crippen LogP contribution in [0.3, 0.4) is 0 Å². The number of carbonyl (C=O) groups is 1. The number of aromatic nitrogens is 2. The molecule has 0 radical (unpaired) electrons. The lowest BCUT2D eigenvalue weighted by Crippen LogP contribution is -2.46. The largest absolute Gasteiger partial charge is 0.465 e. The number of anilines is 2. The van der Waals surface area contributed by atoms with Crippen LogP contribution in [0.25, 0.3) is 0 Å². The van der Waals surface area contributed by atoms with Gasteiger partial charge < -0.3 is 14.5 Å². The minimum atomic E-state index is -0.268. The summed E-state index contributed by atoms with van der Waals surface area (Å²) in [7, 11) is 0. The molecule has 134 valence electrons. The monoisotopic (exact) mass is 378 g/mol. The number of nitrogens with zero attached hydrogens (tertiary/aromatic N) is 4. The predicted molar refractivity (Wildman–Crippen MR) is 103 cm³/mol. The normalized spacial score (nSPS) is 15.9. The van der Waals surface area contributed by atoms with Crippen molar-refractivity contribution in [2.45, 2.75) is 23.4 Å². The number of esters is 1.